The zero-order valence-corrected chi connectivity index (χ0v) is 14.8. The molecule has 0 amide bonds. The van der Waals surface area contributed by atoms with E-state index in [1.807, 2.05) is 24.3 Å². The number of hydrogen-bond donors (Lipinski definition) is 2. The molecule has 24 heavy (non-hydrogen) atoms. The first-order valence-corrected chi connectivity index (χ1v) is 7.54. The Hall–Kier alpha value is -2.67. The predicted molar refractivity (Wildman–Crippen MR) is 98.9 cm³/mol. The minimum absolute atomic E-state index is 0.411. The summed E-state index contributed by atoms with van der Waals surface area (Å²) < 4.78 is 21.2. The van der Waals surface area contributed by atoms with E-state index in [4.69, 9.17) is 31.2 Å². The highest BCUT2D eigenvalue weighted by atomic mass is 32.1. The maximum Gasteiger partial charge on any atom is 0.203 e. The summed E-state index contributed by atoms with van der Waals surface area (Å²) in [5, 5.41) is 6.60. The molecule has 2 rings (SSSR count). The Morgan fingerprint density at radius 2 is 1.38 bits per heavy atom. The van der Waals surface area contributed by atoms with Gasteiger partial charge < -0.3 is 29.6 Å². The highest BCUT2D eigenvalue weighted by molar-refractivity contribution is 7.80. The summed E-state index contributed by atoms with van der Waals surface area (Å²) in [7, 11) is 6.29. The molecule has 7 heteroatoms. The quantitative estimate of drug-likeness (QED) is 0.774. The Labute approximate surface area is 146 Å². The smallest absolute Gasteiger partial charge is 0.203 e. The lowest BCUT2D eigenvalue weighted by Gasteiger charge is -2.16. The van der Waals surface area contributed by atoms with Crippen LogP contribution in [0.15, 0.2) is 36.4 Å². The van der Waals surface area contributed by atoms with Gasteiger partial charge in [0, 0.05) is 17.8 Å². The van der Waals surface area contributed by atoms with Crippen LogP contribution in [0, 0.1) is 0 Å². The van der Waals surface area contributed by atoms with E-state index in [1.54, 1.807) is 40.6 Å². The molecular weight excluding hydrogens is 328 g/mol. The number of rotatable bonds is 6. The van der Waals surface area contributed by atoms with Gasteiger partial charge in [0.1, 0.15) is 5.75 Å². The van der Waals surface area contributed by atoms with Crippen LogP contribution in [0.1, 0.15) is 0 Å². The molecule has 0 aromatic heterocycles. The van der Waals surface area contributed by atoms with Gasteiger partial charge in [0.25, 0.3) is 0 Å². The number of thiocarbonyl (C=S) groups is 1. The average Bonchev–Trinajstić information content (AvgIpc) is 2.61. The minimum Gasteiger partial charge on any atom is -0.495 e. The number of anilines is 2. The van der Waals surface area contributed by atoms with Crippen LogP contribution in [0.2, 0.25) is 0 Å². The van der Waals surface area contributed by atoms with Gasteiger partial charge in [-0.3, -0.25) is 0 Å². The molecule has 0 heterocycles. The van der Waals surface area contributed by atoms with Crippen molar-refractivity contribution in [2.45, 2.75) is 0 Å². The fourth-order valence-electron chi connectivity index (χ4n) is 2.19. The molecule has 2 aromatic carbocycles. The Kier molecular flexibility index (Phi) is 6.08. The third kappa shape index (κ3) is 3.99. The summed E-state index contributed by atoms with van der Waals surface area (Å²) in [6.07, 6.45) is 0. The Balaban J connectivity index is 2.19. The second kappa shape index (κ2) is 8.26. The van der Waals surface area contributed by atoms with Gasteiger partial charge in [-0.1, -0.05) is 12.1 Å². The molecule has 0 saturated heterocycles. The number of benzene rings is 2. The average molecular weight is 348 g/mol. The second-order valence-corrected chi connectivity index (χ2v) is 5.10. The third-order valence-electron chi connectivity index (χ3n) is 3.28. The number of para-hydroxylation sites is 2. The number of ether oxygens (including phenoxy) is 4. The summed E-state index contributed by atoms with van der Waals surface area (Å²) >= 11 is 5.36. The van der Waals surface area contributed by atoms with E-state index in [1.165, 1.54) is 0 Å². The van der Waals surface area contributed by atoms with Crippen LogP contribution in [0.5, 0.6) is 23.0 Å². The molecule has 2 aromatic rings. The summed E-state index contributed by atoms with van der Waals surface area (Å²) in [5.41, 5.74) is 1.47. The first-order chi connectivity index (χ1) is 11.6. The highest BCUT2D eigenvalue weighted by Crippen LogP contribution is 2.40. The van der Waals surface area contributed by atoms with Crippen LogP contribution in [0.4, 0.5) is 11.4 Å². The SMILES string of the molecule is COc1ccccc1NC(=S)Nc1cc(OC)c(OC)c(OC)c1. The first-order valence-electron chi connectivity index (χ1n) is 7.14. The van der Waals surface area contributed by atoms with E-state index < -0.39 is 0 Å². The van der Waals surface area contributed by atoms with E-state index in [9.17, 15) is 0 Å². The molecule has 0 aliphatic rings. The van der Waals surface area contributed by atoms with Crippen molar-refractivity contribution in [3.8, 4) is 23.0 Å². The van der Waals surface area contributed by atoms with Gasteiger partial charge in [-0.05, 0) is 24.4 Å². The molecule has 0 saturated carbocycles. The molecule has 0 radical (unpaired) electrons. The second-order valence-electron chi connectivity index (χ2n) is 4.69. The van der Waals surface area contributed by atoms with E-state index >= 15 is 0 Å². The van der Waals surface area contributed by atoms with Crippen molar-refractivity contribution in [2.75, 3.05) is 39.1 Å². The zero-order valence-electron chi connectivity index (χ0n) is 14.0. The molecule has 0 aliphatic heterocycles. The van der Waals surface area contributed by atoms with Crippen molar-refractivity contribution < 1.29 is 18.9 Å². The molecule has 6 nitrogen and oxygen atoms in total. The molecule has 2 N–H and O–H groups in total. The largest absolute Gasteiger partial charge is 0.495 e. The monoisotopic (exact) mass is 348 g/mol. The van der Waals surface area contributed by atoms with Crippen molar-refractivity contribution >= 4 is 28.7 Å². The number of methoxy groups -OCH3 is 4. The normalized spacial score (nSPS) is 9.83. The van der Waals surface area contributed by atoms with Crippen LogP contribution < -0.4 is 29.6 Å². The van der Waals surface area contributed by atoms with Gasteiger partial charge in [0.15, 0.2) is 16.6 Å². The van der Waals surface area contributed by atoms with Crippen molar-refractivity contribution in [3.63, 3.8) is 0 Å². The van der Waals surface area contributed by atoms with Crippen molar-refractivity contribution in [1.82, 2.24) is 0 Å². The van der Waals surface area contributed by atoms with Gasteiger partial charge in [-0.2, -0.15) is 0 Å². The van der Waals surface area contributed by atoms with E-state index in [-0.39, 0.29) is 0 Å². The third-order valence-corrected chi connectivity index (χ3v) is 3.48. The summed E-state index contributed by atoms with van der Waals surface area (Å²) in [6, 6.07) is 11.1. The molecule has 0 bridgehead atoms. The molecule has 0 unspecified atom stereocenters. The van der Waals surface area contributed by atoms with Crippen LogP contribution >= 0.6 is 12.2 Å². The van der Waals surface area contributed by atoms with Gasteiger partial charge in [-0.25, -0.2) is 0 Å². The van der Waals surface area contributed by atoms with Crippen LogP contribution in [0.25, 0.3) is 0 Å². The molecular formula is C17H20N2O4S. The van der Waals surface area contributed by atoms with Crippen LogP contribution in [-0.4, -0.2) is 33.6 Å². The Morgan fingerprint density at radius 1 is 0.792 bits per heavy atom. The molecule has 0 fully saturated rings. The predicted octanol–water partition coefficient (Wildman–Crippen LogP) is 3.53. The fraction of sp³-hybridized carbons (Fsp3) is 0.235. The van der Waals surface area contributed by atoms with E-state index in [2.05, 4.69) is 10.6 Å². The summed E-state index contributed by atoms with van der Waals surface area (Å²) in [5.74, 6) is 2.31. The Bertz CT molecular complexity index is 696. The van der Waals surface area contributed by atoms with Gasteiger partial charge in [0.05, 0.1) is 34.1 Å². The standard InChI is InChI=1S/C17H20N2O4S/c1-20-13-8-6-5-7-12(13)19-17(24)18-11-9-14(21-2)16(23-4)15(10-11)22-3/h5-10H,1-4H3,(H2,18,19,24). The number of nitrogens with one attached hydrogen (secondary N) is 2. The molecule has 0 atom stereocenters. The maximum atomic E-state index is 5.36. The van der Waals surface area contributed by atoms with E-state index in [0.29, 0.717) is 33.8 Å². The van der Waals surface area contributed by atoms with Gasteiger partial charge in [-0.15, -0.1) is 0 Å². The van der Waals surface area contributed by atoms with Gasteiger partial charge in [0.2, 0.25) is 5.75 Å². The molecule has 0 spiro atoms. The topological polar surface area (TPSA) is 61.0 Å². The zero-order chi connectivity index (χ0) is 17.5. The minimum atomic E-state index is 0.411. The van der Waals surface area contributed by atoms with Crippen LogP contribution in [-0.2, 0) is 0 Å². The summed E-state index contributed by atoms with van der Waals surface area (Å²) in [6.45, 7) is 0. The van der Waals surface area contributed by atoms with Gasteiger partial charge >= 0.3 is 0 Å². The fourth-order valence-corrected chi connectivity index (χ4v) is 2.41. The lowest BCUT2D eigenvalue weighted by atomic mass is 10.2. The molecule has 0 aliphatic carbocycles. The lowest BCUT2D eigenvalue weighted by Crippen LogP contribution is -2.19. The van der Waals surface area contributed by atoms with Crippen molar-refractivity contribution in [1.29, 1.82) is 0 Å². The Morgan fingerprint density at radius 3 is 1.92 bits per heavy atom. The number of hydrogen-bond acceptors (Lipinski definition) is 5. The van der Waals surface area contributed by atoms with Crippen molar-refractivity contribution in [3.05, 3.63) is 36.4 Å². The van der Waals surface area contributed by atoms with Crippen molar-refractivity contribution in [2.24, 2.45) is 0 Å². The lowest BCUT2D eigenvalue weighted by molar-refractivity contribution is 0.324. The first kappa shape index (κ1) is 17.7. The highest BCUT2D eigenvalue weighted by Gasteiger charge is 2.14. The van der Waals surface area contributed by atoms with E-state index in [0.717, 1.165) is 5.69 Å². The maximum absolute atomic E-state index is 5.36. The molecule has 128 valence electrons. The summed E-state index contributed by atoms with van der Waals surface area (Å²) in [4.78, 5) is 0. The van der Waals surface area contributed by atoms with Crippen LogP contribution in [0.3, 0.4) is 0 Å².